The van der Waals surface area contributed by atoms with Gasteiger partial charge in [0.15, 0.2) is 17.4 Å². The minimum absolute atomic E-state index is 0.00311. The number of hydrogen-bond acceptors (Lipinski definition) is 5. The number of carbonyl (C=O) groups excluding carboxylic acids is 1. The number of allylic oxidation sites excluding steroid dienone is 1. The zero-order valence-electron chi connectivity index (χ0n) is 25.5. The van der Waals surface area contributed by atoms with Crippen LogP contribution in [0.15, 0.2) is 83.9 Å². The number of nitrogens with zero attached hydrogens (tertiary/aromatic N) is 5. The number of ketones is 1. The molecule has 6 rings (SSSR count). The van der Waals surface area contributed by atoms with Gasteiger partial charge in [-0.1, -0.05) is 24.3 Å². The predicted molar refractivity (Wildman–Crippen MR) is 168 cm³/mol. The first kappa shape index (κ1) is 30.2. The van der Waals surface area contributed by atoms with Crippen LogP contribution in [0.5, 0.6) is 0 Å². The maximum atomic E-state index is 13.8. The van der Waals surface area contributed by atoms with Crippen molar-refractivity contribution in [2.24, 2.45) is 0 Å². The molecule has 1 aliphatic carbocycles. The molecule has 5 aromatic rings. The molecule has 0 bridgehead atoms. The van der Waals surface area contributed by atoms with Gasteiger partial charge in [-0.15, -0.1) is 0 Å². The topological polar surface area (TPSA) is 79.0 Å². The van der Waals surface area contributed by atoms with Crippen molar-refractivity contribution in [3.8, 4) is 0 Å². The van der Waals surface area contributed by atoms with Gasteiger partial charge >= 0.3 is 0 Å². The van der Waals surface area contributed by atoms with E-state index in [-0.39, 0.29) is 25.3 Å². The van der Waals surface area contributed by atoms with E-state index >= 15 is 0 Å². The third-order valence-corrected chi connectivity index (χ3v) is 7.92. The quantitative estimate of drug-likeness (QED) is 0.119. The summed E-state index contributed by atoms with van der Waals surface area (Å²) in [5, 5.41) is 5.58. The van der Waals surface area contributed by atoms with Crippen molar-refractivity contribution in [1.29, 1.82) is 0 Å². The molecular weight excluding hydrogens is 576 g/mol. The molecule has 10 heteroatoms. The van der Waals surface area contributed by atoms with Gasteiger partial charge in [0.2, 0.25) is 0 Å². The highest BCUT2D eigenvalue weighted by atomic mass is 19.2. The van der Waals surface area contributed by atoms with Gasteiger partial charge < -0.3 is 13.8 Å². The third-order valence-electron chi connectivity index (χ3n) is 7.92. The summed E-state index contributed by atoms with van der Waals surface area (Å²) in [6, 6.07) is 16.6. The van der Waals surface area contributed by atoms with Crippen LogP contribution in [0.25, 0.3) is 16.5 Å². The fourth-order valence-electron chi connectivity index (χ4n) is 5.52. The SMILES string of the molecule is C[N+](C)(C)CCOCn1nc(CC(=O)c2cccn(Cc3ccc(F)c(F)c3)c2=O)c2cc(C3=CCc4ncccc43)ccc21. The Morgan fingerprint density at radius 2 is 1.87 bits per heavy atom. The minimum Gasteiger partial charge on any atom is -0.353 e. The molecule has 3 heterocycles. The Kier molecular flexibility index (Phi) is 8.26. The fourth-order valence-corrected chi connectivity index (χ4v) is 5.52. The zero-order chi connectivity index (χ0) is 31.7. The lowest BCUT2D eigenvalue weighted by molar-refractivity contribution is -0.870. The summed E-state index contributed by atoms with van der Waals surface area (Å²) in [4.78, 5) is 31.5. The summed E-state index contributed by atoms with van der Waals surface area (Å²) < 4.78 is 37.0. The van der Waals surface area contributed by atoms with Gasteiger partial charge in [-0.3, -0.25) is 14.6 Å². The number of carbonyl (C=O) groups is 1. The van der Waals surface area contributed by atoms with E-state index in [1.165, 1.54) is 22.9 Å². The average molecular weight is 611 g/mol. The lowest BCUT2D eigenvalue weighted by Gasteiger charge is -2.23. The second-order valence-corrected chi connectivity index (χ2v) is 12.3. The fraction of sp³-hybridized carbons (Fsp3) is 0.257. The number of Topliss-reactive ketones (excluding diaryl/α,β-unsaturated/α-hetero) is 1. The molecule has 8 nitrogen and oxygen atoms in total. The van der Waals surface area contributed by atoms with Gasteiger partial charge in [-0.05, 0) is 59.2 Å². The van der Waals surface area contributed by atoms with Gasteiger partial charge in [-0.25, -0.2) is 13.5 Å². The van der Waals surface area contributed by atoms with Gasteiger partial charge in [-0.2, -0.15) is 5.10 Å². The number of aromatic nitrogens is 4. The second kappa shape index (κ2) is 12.3. The van der Waals surface area contributed by atoms with Crippen LogP contribution in [-0.4, -0.2) is 63.9 Å². The lowest BCUT2D eigenvalue weighted by atomic mass is 9.98. The molecule has 0 fully saturated rings. The molecule has 0 atom stereocenters. The third kappa shape index (κ3) is 6.52. The number of rotatable bonds is 11. The summed E-state index contributed by atoms with van der Waals surface area (Å²) in [5.74, 6) is -2.35. The lowest BCUT2D eigenvalue weighted by Crippen LogP contribution is -2.37. The van der Waals surface area contributed by atoms with Gasteiger partial charge in [0.05, 0.1) is 63.2 Å². The molecule has 0 aliphatic heterocycles. The van der Waals surface area contributed by atoms with Crippen molar-refractivity contribution in [3.63, 3.8) is 0 Å². The van der Waals surface area contributed by atoms with Crippen molar-refractivity contribution >= 4 is 22.3 Å². The van der Waals surface area contributed by atoms with Crippen LogP contribution in [0.2, 0.25) is 0 Å². The van der Waals surface area contributed by atoms with Gasteiger partial charge in [0, 0.05) is 29.8 Å². The highest BCUT2D eigenvalue weighted by Crippen LogP contribution is 2.34. The first-order valence-corrected chi connectivity index (χ1v) is 14.8. The van der Waals surface area contributed by atoms with Crippen molar-refractivity contribution < 1.29 is 22.8 Å². The van der Waals surface area contributed by atoms with Crippen LogP contribution in [0.4, 0.5) is 8.78 Å². The summed E-state index contributed by atoms with van der Waals surface area (Å²) in [5.41, 5.74) is 5.41. The number of halogens is 2. The molecule has 0 saturated heterocycles. The van der Waals surface area contributed by atoms with Crippen molar-refractivity contribution in [1.82, 2.24) is 19.3 Å². The van der Waals surface area contributed by atoms with E-state index in [4.69, 9.17) is 9.84 Å². The van der Waals surface area contributed by atoms with E-state index in [1.807, 2.05) is 24.3 Å². The molecule has 3 aromatic heterocycles. The van der Waals surface area contributed by atoms with Crippen LogP contribution in [-0.2, 0) is 30.9 Å². The number of likely N-dealkylation sites (N-methyl/N-ethyl adjacent to an activating group) is 1. The predicted octanol–water partition coefficient (Wildman–Crippen LogP) is 5.01. The van der Waals surface area contributed by atoms with Crippen molar-refractivity contribution in [2.75, 3.05) is 34.3 Å². The summed E-state index contributed by atoms with van der Waals surface area (Å²) in [6.07, 6.45) is 6.11. The van der Waals surface area contributed by atoms with Crippen LogP contribution in [0, 0.1) is 11.6 Å². The second-order valence-electron chi connectivity index (χ2n) is 12.3. The van der Waals surface area contributed by atoms with Gasteiger partial charge in [0.1, 0.15) is 13.3 Å². The van der Waals surface area contributed by atoms with Gasteiger partial charge in [0.25, 0.3) is 5.56 Å². The number of quaternary nitrogens is 1. The van der Waals surface area contributed by atoms with E-state index in [9.17, 15) is 18.4 Å². The van der Waals surface area contributed by atoms with E-state index < -0.39 is 23.0 Å². The molecule has 0 N–H and O–H groups in total. The molecule has 0 amide bonds. The molecule has 1 aliphatic rings. The molecule has 0 unspecified atom stereocenters. The number of pyridine rings is 2. The Hall–Kier alpha value is -4.80. The highest BCUT2D eigenvalue weighted by molar-refractivity contribution is 6.00. The van der Waals surface area contributed by atoms with Crippen LogP contribution < -0.4 is 5.56 Å². The number of hydrogen-bond donors (Lipinski definition) is 0. The molecule has 0 saturated carbocycles. The first-order valence-electron chi connectivity index (χ1n) is 14.8. The Morgan fingerprint density at radius 1 is 1.02 bits per heavy atom. The van der Waals surface area contributed by atoms with Crippen molar-refractivity contribution in [2.45, 2.75) is 26.1 Å². The Bertz CT molecular complexity index is 2010. The molecule has 0 spiro atoms. The van der Waals surface area contributed by atoms with Crippen LogP contribution >= 0.6 is 0 Å². The smallest absolute Gasteiger partial charge is 0.261 e. The Labute approximate surface area is 259 Å². The maximum absolute atomic E-state index is 13.8. The summed E-state index contributed by atoms with van der Waals surface area (Å²) in [6.45, 7) is 1.57. The number of benzene rings is 2. The molecule has 0 radical (unpaired) electrons. The largest absolute Gasteiger partial charge is 0.353 e. The summed E-state index contributed by atoms with van der Waals surface area (Å²) in [7, 11) is 6.29. The Balaban J connectivity index is 1.31. The molecule has 2 aromatic carbocycles. The molecule has 230 valence electrons. The summed E-state index contributed by atoms with van der Waals surface area (Å²) >= 11 is 0. The van der Waals surface area contributed by atoms with Crippen LogP contribution in [0.3, 0.4) is 0 Å². The van der Waals surface area contributed by atoms with E-state index in [2.05, 4.69) is 38.3 Å². The van der Waals surface area contributed by atoms with E-state index in [0.717, 1.165) is 62.9 Å². The normalized spacial score (nSPS) is 12.9. The standard InChI is InChI=1S/C35H34F2N5O3/c1-42(2,3)16-17-45-22-41-33-13-9-24(25-10-12-31-26(25)6-4-14-38-31)19-28(33)32(39-41)20-34(43)27-7-5-15-40(35(27)44)21-23-8-11-29(36)30(37)18-23/h4-11,13-15,18-19H,12,16-17,20-22H2,1-3H3/q+1. The van der Waals surface area contributed by atoms with E-state index in [0.29, 0.717) is 17.9 Å². The van der Waals surface area contributed by atoms with Crippen molar-refractivity contribution in [3.05, 3.63) is 135 Å². The monoisotopic (exact) mass is 610 g/mol. The molecule has 45 heavy (non-hydrogen) atoms. The number of fused-ring (bicyclic) bond motifs is 2. The van der Waals surface area contributed by atoms with Crippen LogP contribution in [0.1, 0.15) is 38.4 Å². The highest BCUT2D eigenvalue weighted by Gasteiger charge is 2.21. The first-order chi connectivity index (χ1) is 21.6. The minimum atomic E-state index is -0.996. The van der Waals surface area contributed by atoms with E-state index in [1.54, 1.807) is 16.9 Å². The molecular formula is C35H34F2N5O3+. The zero-order valence-corrected chi connectivity index (χ0v) is 25.5. The average Bonchev–Trinajstić information content (AvgIpc) is 3.59. The Morgan fingerprint density at radius 3 is 2.67 bits per heavy atom. The number of ether oxygens (including phenoxy) is 1. The maximum Gasteiger partial charge on any atom is 0.261 e.